The van der Waals surface area contributed by atoms with E-state index in [-0.39, 0.29) is 36.3 Å². The van der Waals surface area contributed by atoms with Gasteiger partial charge >= 0.3 is 5.97 Å². The molecule has 1 aromatic heterocycles. The van der Waals surface area contributed by atoms with E-state index in [0.717, 1.165) is 0 Å². The van der Waals surface area contributed by atoms with Gasteiger partial charge in [0, 0.05) is 20.1 Å². The minimum atomic E-state index is -3.82. The fourth-order valence-corrected chi connectivity index (χ4v) is 3.71. The lowest BCUT2D eigenvalue weighted by molar-refractivity contribution is -0.140. The highest BCUT2D eigenvalue weighted by molar-refractivity contribution is 7.89. The Morgan fingerprint density at radius 1 is 1.52 bits per heavy atom. The number of aromatic nitrogens is 2. The summed E-state index contributed by atoms with van der Waals surface area (Å²) in [7, 11) is -0.991. The molecule has 1 heterocycles. The number of aryl methyl sites for hydroxylation is 1. The van der Waals surface area contributed by atoms with Crippen molar-refractivity contribution in [2.24, 2.45) is 13.0 Å². The highest BCUT2D eigenvalue weighted by Gasteiger charge is 2.30. The van der Waals surface area contributed by atoms with E-state index in [1.54, 1.807) is 7.05 Å². The summed E-state index contributed by atoms with van der Waals surface area (Å²) in [6.07, 6.45) is 1.33. The number of esters is 1. The van der Waals surface area contributed by atoms with Gasteiger partial charge in [0.05, 0.1) is 19.9 Å². The van der Waals surface area contributed by atoms with Crippen molar-refractivity contribution in [2.75, 3.05) is 25.9 Å². The summed E-state index contributed by atoms with van der Waals surface area (Å²) < 4.78 is 32.6. The van der Waals surface area contributed by atoms with Crippen molar-refractivity contribution in [1.29, 1.82) is 0 Å². The molecule has 0 aromatic carbocycles. The number of sulfonamides is 1. The fraction of sp³-hybridized carbons (Fsp3) is 0.667. The average Bonchev–Trinajstić information content (AvgIpc) is 2.73. The molecule has 9 heteroatoms. The number of nitrogens with zero attached hydrogens (tertiary/aromatic N) is 3. The molecule has 0 unspecified atom stereocenters. The first-order valence-electron chi connectivity index (χ1n) is 6.53. The zero-order chi connectivity index (χ0) is 16.2. The Hall–Kier alpha value is -1.61. The van der Waals surface area contributed by atoms with Gasteiger partial charge in [-0.2, -0.15) is 4.31 Å². The number of ether oxygens (including phenoxy) is 1. The Bertz CT molecular complexity index is 575. The molecule has 0 saturated carbocycles. The molecule has 0 aliphatic carbocycles. The molecule has 0 radical (unpaired) electrons. The van der Waals surface area contributed by atoms with Crippen LogP contribution in [0.4, 0.5) is 5.82 Å². The molecule has 0 aliphatic heterocycles. The number of hydrogen-bond donors (Lipinski definition) is 1. The molecule has 120 valence electrons. The van der Waals surface area contributed by atoms with Crippen molar-refractivity contribution in [3.8, 4) is 0 Å². The zero-order valence-corrected chi connectivity index (χ0v) is 13.6. The van der Waals surface area contributed by atoms with E-state index in [9.17, 15) is 13.2 Å². The maximum atomic E-state index is 12.7. The molecule has 0 spiro atoms. The Morgan fingerprint density at radius 2 is 2.14 bits per heavy atom. The molecular weight excluding hydrogens is 296 g/mol. The maximum Gasteiger partial charge on any atom is 0.306 e. The van der Waals surface area contributed by atoms with Gasteiger partial charge in [0.2, 0.25) is 0 Å². The smallest absolute Gasteiger partial charge is 0.306 e. The number of carbonyl (C=O) groups is 1. The SMILES string of the molecule is COC(=O)CCN(CC(C)C)S(=O)(=O)c1c(N)ncn1C. The summed E-state index contributed by atoms with van der Waals surface area (Å²) in [5.41, 5.74) is 5.65. The molecule has 21 heavy (non-hydrogen) atoms. The van der Waals surface area contributed by atoms with Crippen LogP contribution in [0.3, 0.4) is 0 Å². The summed E-state index contributed by atoms with van der Waals surface area (Å²) >= 11 is 0. The lowest BCUT2D eigenvalue weighted by Crippen LogP contribution is -2.37. The van der Waals surface area contributed by atoms with Crippen LogP contribution in [0.2, 0.25) is 0 Å². The van der Waals surface area contributed by atoms with Gasteiger partial charge in [-0.15, -0.1) is 0 Å². The van der Waals surface area contributed by atoms with E-state index < -0.39 is 16.0 Å². The van der Waals surface area contributed by atoms with E-state index in [2.05, 4.69) is 9.72 Å². The average molecular weight is 318 g/mol. The van der Waals surface area contributed by atoms with E-state index in [4.69, 9.17) is 5.73 Å². The molecule has 8 nitrogen and oxygen atoms in total. The van der Waals surface area contributed by atoms with Gasteiger partial charge in [0.25, 0.3) is 10.0 Å². The second-order valence-corrected chi connectivity index (χ2v) is 6.98. The van der Waals surface area contributed by atoms with Crippen LogP contribution in [0, 0.1) is 5.92 Å². The third-order valence-electron chi connectivity index (χ3n) is 2.86. The monoisotopic (exact) mass is 318 g/mol. The highest BCUT2D eigenvalue weighted by Crippen LogP contribution is 2.21. The first-order chi connectivity index (χ1) is 9.70. The first-order valence-corrected chi connectivity index (χ1v) is 7.98. The fourth-order valence-electron chi connectivity index (χ4n) is 1.91. The highest BCUT2D eigenvalue weighted by atomic mass is 32.2. The van der Waals surface area contributed by atoms with Crippen molar-refractivity contribution >= 4 is 21.8 Å². The molecule has 0 aliphatic rings. The molecule has 2 N–H and O–H groups in total. The minimum absolute atomic E-state index is 0.0137. The van der Waals surface area contributed by atoms with Gasteiger partial charge in [-0.25, -0.2) is 13.4 Å². The van der Waals surface area contributed by atoms with Gasteiger partial charge in [0.1, 0.15) is 0 Å². The van der Waals surface area contributed by atoms with Crippen molar-refractivity contribution in [2.45, 2.75) is 25.3 Å². The Labute approximate surface area is 124 Å². The van der Waals surface area contributed by atoms with Gasteiger partial charge in [-0.05, 0) is 5.92 Å². The van der Waals surface area contributed by atoms with Crippen LogP contribution in [-0.4, -0.2) is 48.4 Å². The van der Waals surface area contributed by atoms with Crippen LogP contribution < -0.4 is 5.73 Å². The maximum absolute atomic E-state index is 12.7. The third kappa shape index (κ3) is 4.18. The topological polar surface area (TPSA) is 108 Å². The van der Waals surface area contributed by atoms with Gasteiger partial charge < -0.3 is 15.0 Å². The number of carbonyl (C=O) groups excluding carboxylic acids is 1. The largest absolute Gasteiger partial charge is 0.469 e. The van der Waals surface area contributed by atoms with E-state index in [0.29, 0.717) is 0 Å². The summed E-state index contributed by atoms with van der Waals surface area (Å²) in [6.45, 7) is 4.11. The van der Waals surface area contributed by atoms with Crippen molar-refractivity contribution in [3.05, 3.63) is 6.33 Å². The number of nitrogen functional groups attached to an aromatic ring is 1. The number of methoxy groups -OCH3 is 1. The summed E-state index contributed by atoms with van der Waals surface area (Å²) in [4.78, 5) is 15.1. The van der Waals surface area contributed by atoms with Gasteiger partial charge in [-0.1, -0.05) is 13.8 Å². The number of anilines is 1. The molecule has 0 amide bonds. The number of hydrogen-bond acceptors (Lipinski definition) is 6. The van der Waals surface area contributed by atoms with Crippen LogP contribution in [0.25, 0.3) is 0 Å². The minimum Gasteiger partial charge on any atom is -0.469 e. The van der Waals surface area contributed by atoms with E-state index >= 15 is 0 Å². The predicted molar refractivity (Wildman–Crippen MR) is 77.9 cm³/mol. The number of nitrogens with two attached hydrogens (primary N) is 1. The summed E-state index contributed by atoms with van der Waals surface area (Å²) in [5, 5.41) is -0.0620. The standard InChI is InChI=1S/C12H22N4O4S/c1-9(2)7-16(6-5-10(17)20-4)21(18,19)12-11(13)14-8-15(12)3/h8-9H,5-7,13H2,1-4H3. The van der Waals surface area contributed by atoms with Crippen LogP contribution >= 0.6 is 0 Å². The number of imidazole rings is 1. The lowest BCUT2D eigenvalue weighted by Gasteiger charge is -2.23. The van der Waals surface area contributed by atoms with Crippen LogP contribution in [0.1, 0.15) is 20.3 Å². The van der Waals surface area contributed by atoms with Crippen LogP contribution in [0.5, 0.6) is 0 Å². The predicted octanol–water partition coefficient (Wildman–Crippen LogP) is 0.212. The molecular formula is C12H22N4O4S. The van der Waals surface area contributed by atoms with Crippen LogP contribution in [0.15, 0.2) is 11.4 Å². The summed E-state index contributed by atoms with van der Waals surface area (Å²) in [6, 6.07) is 0. The third-order valence-corrected chi connectivity index (χ3v) is 4.85. The number of rotatable bonds is 7. The quantitative estimate of drug-likeness (QED) is 0.720. The second-order valence-electron chi connectivity index (χ2n) is 5.13. The zero-order valence-electron chi connectivity index (χ0n) is 12.7. The second kappa shape index (κ2) is 6.90. The van der Waals surface area contributed by atoms with Crippen LogP contribution in [-0.2, 0) is 26.6 Å². The molecule has 1 aromatic rings. The van der Waals surface area contributed by atoms with E-state index in [1.165, 1.54) is 22.3 Å². The van der Waals surface area contributed by atoms with Crippen molar-refractivity contribution in [1.82, 2.24) is 13.9 Å². The first kappa shape index (κ1) is 17.4. The normalized spacial score (nSPS) is 12.1. The summed E-state index contributed by atoms with van der Waals surface area (Å²) in [5.74, 6) is -0.409. The molecule has 0 saturated heterocycles. The lowest BCUT2D eigenvalue weighted by atomic mass is 10.2. The molecule has 0 fully saturated rings. The Balaban J connectivity index is 3.09. The molecule has 0 atom stereocenters. The molecule has 1 rings (SSSR count). The van der Waals surface area contributed by atoms with Crippen molar-refractivity contribution in [3.63, 3.8) is 0 Å². The molecule has 0 bridgehead atoms. The van der Waals surface area contributed by atoms with E-state index in [1.807, 2.05) is 13.8 Å². The van der Waals surface area contributed by atoms with Gasteiger partial charge in [0.15, 0.2) is 10.8 Å². The van der Waals surface area contributed by atoms with Crippen molar-refractivity contribution < 1.29 is 17.9 Å². The van der Waals surface area contributed by atoms with Gasteiger partial charge in [-0.3, -0.25) is 4.79 Å². The Morgan fingerprint density at radius 3 is 2.57 bits per heavy atom. The Kier molecular flexibility index (Phi) is 5.73.